The molecule has 3 aromatic heterocycles. The van der Waals surface area contributed by atoms with Crippen LogP contribution < -0.4 is 5.73 Å². The van der Waals surface area contributed by atoms with Gasteiger partial charge in [-0.05, 0) is 18.2 Å². The van der Waals surface area contributed by atoms with Gasteiger partial charge in [0.05, 0.1) is 17.4 Å². The Morgan fingerprint density at radius 3 is 2.80 bits per heavy atom. The monoisotopic (exact) mass is 263 g/mol. The Labute approximate surface area is 115 Å². The quantitative estimate of drug-likeness (QED) is 0.554. The second-order valence-electron chi connectivity index (χ2n) is 4.88. The molecule has 0 saturated heterocycles. The van der Waals surface area contributed by atoms with Crippen molar-refractivity contribution in [3.05, 3.63) is 42.7 Å². The number of nitrogens with one attached hydrogen (secondary N) is 1. The highest BCUT2D eigenvalue weighted by atomic mass is 15.3. The van der Waals surface area contributed by atoms with E-state index in [0.29, 0.717) is 5.82 Å². The third-order valence-corrected chi connectivity index (χ3v) is 3.61. The zero-order valence-corrected chi connectivity index (χ0v) is 11.0. The molecule has 0 aliphatic rings. The summed E-state index contributed by atoms with van der Waals surface area (Å²) >= 11 is 0. The van der Waals surface area contributed by atoms with E-state index >= 15 is 0 Å². The van der Waals surface area contributed by atoms with E-state index < -0.39 is 0 Å². The lowest BCUT2D eigenvalue weighted by Crippen LogP contribution is -1.96. The molecule has 4 aromatic rings. The van der Waals surface area contributed by atoms with E-state index in [1.807, 2.05) is 31.4 Å². The summed E-state index contributed by atoms with van der Waals surface area (Å²) in [7, 11) is 1.84. The highest BCUT2D eigenvalue weighted by Crippen LogP contribution is 2.29. The summed E-state index contributed by atoms with van der Waals surface area (Å²) < 4.78 is 1.68. The highest BCUT2D eigenvalue weighted by molar-refractivity contribution is 6.08. The largest absolute Gasteiger partial charge is 0.384 e. The minimum atomic E-state index is 0.656. The van der Waals surface area contributed by atoms with Crippen molar-refractivity contribution in [2.45, 2.75) is 0 Å². The maximum absolute atomic E-state index is 5.85. The van der Waals surface area contributed by atoms with E-state index in [2.05, 4.69) is 27.2 Å². The van der Waals surface area contributed by atoms with Crippen LogP contribution in [0.3, 0.4) is 0 Å². The number of pyridine rings is 1. The van der Waals surface area contributed by atoms with Gasteiger partial charge in [-0.1, -0.05) is 6.07 Å². The molecule has 0 bridgehead atoms. The highest BCUT2D eigenvalue weighted by Gasteiger charge is 2.08. The fraction of sp³-hybridized carbons (Fsp3) is 0.0667. The first-order chi connectivity index (χ1) is 9.72. The maximum Gasteiger partial charge on any atom is 0.121 e. The van der Waals surface area contributed by atoms with Crippen LogP contribution in [0.1, 0.15) is 0 Å². The Morgan fingerprint density at radius 2 is 2.00 bits per heavy atom. The average Bonchev–Trinajstić information content (AvgIpc) is 2.99. The van der Waals surface area contributed by atoms with E-state index in [4.69, 9.17) is 5.73 Å². The molecule has 0 spiro atoms. The van der Waals surface area contributed by atoms with Gasteiger partial charge in [-0.2, -0.15) is 5.10 Å². The van der Waals surface area contributed by atoms with Crippen molar-refractivity contribution >= 4 is 27.6 Å². The molecule has 1 aromatic carbocycles. The number of aromatic nitrogens is 4. The molecule has 0 aliphatic heterocycles. The molecule has 20 heavy (non-hydrogen) atoms. The summed E-state index contributed by atoms with van der Waals surface area (Å²) in [6.07, 6.45) is 3.65. The summed E-state index contributed by atoms with van der Waals surface area (Å²) in [6.45, 7) is 0. The number of rotatable bonds is 1. The molecule has 0 unspecified atom stereocenters. The Balaban J connectivity index is 1.99. The number of anilines is 1. The average molecular weight is 263 g/mol. The smallest absolute Gasteiger partial charge is 0.121 e. The van der Waals surface area contributed by atoms with Gasteiger partial charge in [-0.25, -0.2) is 0 Å². The second-order valence-corrected chi connectivity index (χ2v) is 4.88. The predicted octanol–water partition coefficient (Wildman–Crippen LogP) is 2.70. The molecular weight excluding hydrogens is 250 g/mol. The van der Waals surface area contributed by atoms with Gasteiger partial charge in [0.25, 0.3) is 0 Å². The fourth-order valence-corrected chi connectivity index (χ4v) is 2.53. The lowest BCUT2D eigenvalue weighted by Gasteiger charge is -1.97. The van der Waals surface area contributed by atoms with Crippen LogP contribution >= 0.6 is 0 Å². The zero-order chi connectivity index (χ0) is 13.7. The Morgan fingerprint density at radius 1 is 1.10 bits per heavy atom. The van der Waals surface area contributed by atoms with Crippen LogP contribution in [0.15, 0.2) is 42.7 Å². The van der Waals surface area contributed by atoms with Gasteiger partial charge in [-0.15, -0.1) is 0 Å². The lowest BCUT2D eigenvalue weighted by atomic mass is 10.1. The summed E-state index contributed by atoms with van der Waals surface area (Å²) in [4.78, 5) is 7.50. The van der Waals surface area contributed by atoms with E-state index in [9.17, 15) is 0 Å². The lowest BCUT2D eigenvalue weighted by molar-refractivity contribution is 0.782. The summed E-state index contributed by atoms with van der Waals surface area (Å²) in [5.74, 6) is 0.656. The van der Waals surface area contributed by atoms with E-state index in [0.717, 1.165) is 22.3 Å². The topological polar surface area (TPSA) is 72.5 Å². The second kappa shape index (κ2) is 3.84. The van der Waals surface area contributed by atoms with Gasteiger partial charge in [0.2, 0.25) is 0 Å². The van der Waals surface area contributed by atoms with Gasteiger partial charge in [0.15, 0.2) is 0 Å². The van der Waals surface area contributed by atoms with Crippen LogP contribution in [0.5, 0.6) is 0 Å². The van der Waals surface area contributed by atoms with Gasteiger partial charge in [0.1, 0.15) is 5.82 Å². The van der Waals surface area contributed by atoms with Crippen molar-refractivity contribution in [2.24, 2.45) is 7.05 Å². The number of benzene rings is 1. The Bertz CT molecular complexity index is 912. The molecular formula is C15H13N5. The van der Waals surface area contributed by atoms with Crippen molar-refractivity contribution in [1.82, 2.24) is 19.7 Å². The van der Waals surface area contributed by atoms with Crippen LogP contribution in [-0.4, -0.2) is 19.7 Å². The normalized spacial score (nSPS) is 11.4. The molecule has 5 heteroatoms. The minimum absolute atomic E-state index is 0.656. The first-order valence-electron chi connectivity index (χ1n) is 6.38. The first-order valence-corrected chi connectivity index (χ1v) is 6.38. The van der Waals surface area contributed by atoms with Crippen molar-refractivity contribution < 1.29 is 0 Å². The van der Waals surface area contributed by atoms with Crippen LogP contribution in [0.4, 0.5) is 5.82 Å². The number of hydrogen-bond acceptors (Lipinski definition) is 3. The van der Waals surface area contributed by atoms with Crippen molar-refractivity contribution in [3.63, 3.8) is 0 Å². The molecule has 98 valence electrons. The molecule has 4 rings (SSSR count). The number of aromatic amines is 1. The number of nitrogens with two attached hydrogens (primary N) is 1. The van der Waals surface area contributed by atoms with E-state index in [1.165, 1.54) is 10.8 Å². The van der Waals surface area contributed by atoms with Crippen LogP contribution in [0.2, 0.25) is 0 Å². The maximum atomic E-state index is 5.85. The SMILES string of the molecule is Cn1nc(-c2ccc3[nH]c4cnccc4c3c2)cc1N. The number of fused-ring (bicyclic) bond motifs is 3. The summed E-state index contributed by atoms with van der Waals surface area (Å²) in [6, 6.07) is 10.2. The minimum Gasteiger partial charge on any atom is -0.384 e. The van der Waals surface area contributed by atoms with Gasteiger partial charge >= 0.3 is 0 Å². The van der Waals surface area contributed by atoms with Gasteiger partial charge in [-0.3, -0.25) is 9.67 Å². The number of aryl methyl sites for hydroxylation is 1. The Kier molecular flexibility index (Phi) is 2.12. The molecule has 0 amide bonds. The van der Waals surface area contributed by atoms with Crippen LogP contribution in [0, 0.1) is 0 Å². The molecule has 3 N–H and O–H groups in total. The Hall–Kier alpha value is -2.82. The number of hydrogen-bond donors (Lipinski definition) is 2. The van der Waals surface area contributed by atoms with E-state index in [-0.39, 0.29) is 0 Å². The molecule has 0 atom stereocenters. The number of nitrogen functional groups attached to an aromatic ring is 1. The summed E-state index contributed by atoms with van der Waals surface area (Å²) in [5.41, 5.74) is 9.93. The molecule has 0 aliphatic carbocycles. The molecule has 5 nitrogen and oxygen atoms in total. The third kappa shape index (κ3) is 1.50. The van der Waals surface area contributed by atoms with Gasteiger partial charge < -0.3 is 10.7 Å². The third-order valence-electron chi connectivity index (χ3n) is 3.61. The number of H-pyrrole nitrogens is 1. The standard InChI is InChI=1S/C15H13N5/c1-20-15(16)7-13(19-20)9-2-3-12-11(6-9)10-4-5-17-8-14(10)18-12/h2-8,18H,16H2,1H3. The molecule has 3 heterocycles. The van der Waals surface area contributed by atoms with Crippen LogP contribution in [0.25, 0.3) is 33.1 Å². The van der Waals surface area contributed by atoms with Crippen molar-refractivity contribution in [2.75, 3.05) is 5.73 Å². The fourth-order valence-electron chi connectivity index (χ4n) is 2.53. The first kappa shape index (κ1) is 11.0. The van der Waals surface area contributed by atoms with Crippen molar-refractivity contribution in [1.29, 1.82) is 0 Å². The number of nitrogens with zero attached hydrogens (tertiary/aromatic N) is 3. The molecule has 0 radical (unpaired) electrons. The van der Waals surface area contributed by atoms with Crippen molar-refractivity contribution in [3.8, 4) is 11.3 Å². The predicted molar refractivity (Wildman–Crippen MR) is 80.2 cm³/mol. The molecule has 0 fully saturated rings. The van der Waals surface area contributed by atoms with Crippen LogP contribution in [-0.2, 0) is 7.05 Å². The molecule has 0 saturated carbocycles. The van der Waals surface area contributed by atoms with E-state index in [1.54, 1.807) is 10.9 Å². The summed E-state index contributed by atoms with van der Waals surface area (Å²) in [5, 5.41) is 6.76. The zero-order valence-electron chi connectivity index (χ0n) is 11.0. The van der Waals surface area contributed by atoms with Gasteiger partial charge in [0, 0.05) is 41.2 Å².